The highest BCUT2D eigenvalue weighted by atomic mass is 15.2. The van der Waals surface area contributed by atoms with Crippen molar-refractivity contribution in [2.45, 2.75) is 38.3 Å². The highest BCUT2D eigenvalue weighted by molar-refractivity contribution is 6.41. The molecule has 2 atom stereocenters. The molecule has 5 heteroatoms. The summed E-state index contributed by atoms with van der Waals surface area (Å²) in [5, 5.41) is 17.8. The summed E-state index contributed by atoms with van der Waals surface area (Å²) in [6, 6.07) is 3.86. The van der Waals surface area contributed by atoms with Crippen molar-refractivity contribution in [1.29, 1.82) is 10.5 Å². The Morgan fingerprint density at radius 3 is 2.76 bits per heavy atom. The van der Waals surface area contributed by atoms with Crippen LogP contribution in [0.4, 0.5) is 0 Å². The Morgan fingerprint density at radius 2 is 2.18 bits per heavy atom. The fourth-order valence-electron chi connectivity index (χ4n) is 2.65. The number of nitriles is 2. The average molecular weight is 230 g/mol. The number of nitrogens with two attached hydrogens (primary N) is 1. The first-order valence-corrected chi connectivity index (χ1v) is 5.93. The monoisotopic (exact) mass is 230 g/mol. The molecule has 0 unspecified atom stereocenters. The van der Waals surface area contributed by atoms with E-state index in [2.05, 4.69) is 16.9 Å². The smallest absolute Gasteiger partial charge is 0.286 e. The summed E-state index contributed by atoms with van der Waals surface area (Å²) in [4.78, 5) is 7.79. The maximum atomic E-state index is 8.91. The van der Waals surface area contributed by atoms with Crippen molar-refractivity contribution >= 4 is 11.5 Å². The van der Waals surface area contributed by atoms with Crippen LogP contribution in [-0.2, 0) is 0 Å². The molecule has 1 saturated carbocycles. The van der Waals surface area contributed by atoms with Gasteiger partial charge in [-0.1, -0.05) is 13.3 Å². The van der Waals surface area contributed by atoms with Crippen LogP contribution in [0.15, 0.2) is 4.99 Å². The van der Waals surface area contributed by atoms with Crippen molar-refractivity contribution in [3.8, 4) is 12.1 Å². The molecule has 3 N–H and O–H groups in total. The largest absolute Gasteiger partial charge is 0.291 e. The van der Waals surface area contributed by atoms with Gasteiger partial charge < -0.3 is 0 Å². The van der Waals surface area contributed by atoms with Gasteiger partial charge >= 0.3 is 0 Å². The van der Waals surface area contributed by atoms with Crippen LogP contribution in [0, 0.1) is 34.5 Å². The molecule has 0 radical (unpaired) electrons. The summed E-state index contributed by atoms with van der Waals surface area (Å²) < 4.78 is 0. The number of aliphatic imine (C=N–C) groups is 1. The Morgan fingerprint density at radius 1 is 1.47 bits per heavy atom. The lowest BCUT2D eigenvalue weighted by Gasteiger charge is -2.32. The Balaban J connectivity index is 2.37. The van der Waals surface area contributed by atoms with E-state index in [0.717, 1.165) is 19.3 Å². The summed E-state index contributed by atoms with van der Waals surface area (Å²) in [6.45, 7) is 2.14. The van der Waals surface area contributed by atoms with Crippen LogP contribution in [-0.4, -0.2) is 17.2 Å². The Labute approximate surface area is 101 Å². The quantitative estimate of drug-likeness (QED) is 0.632. The van der Waals surface area contributed by atoms with Gasteiger partial charge in [0, 0.05) is 12.3 Å². The van der Waals surface area contributed by atoms with Gasteiger partial charge in [0.2, 0.25) is 0 Å². The number of hydrogen-bond donors (Lipinski definition) is 2. The first-order chi connectivity index (χ1) is 8.13. The van der Waals surface area contributed by atoms with Crippen LogP contribution >= 0.6 is 0 Å². The zero-order valence-corrected chi connectivity index (χ0v) is 9.90. The van der Waals surface area contributed by atoms with Gasteiger partial charge in [-0.15, -0.1) is 0 Å². The summed E-state index contributed by atoms with van der Waals surface area (Å²) in [5.41, 5.74) is 5.92. The van der Waals surface area contributed by atoms with Crippen molar-refractivity contribution in [3.63, 3.8) is 0 Å². The summed E-state index contributed by atoms with van der Waals surface area (Å²) in [5.74, 6) is -0.0896. The molecule has 1 aliphatic heterocycles. The lowest BCUT2D eigenvalue weighted by molar-refractivity contribution is -0.562. The molecule has 88 valence electrons. The summed E-state index contributed by atoms with van der Waals surface area (Å²) in [6.07, 6.45) is 4.32. The maximum Gasteiger partial charge on any atom is 0.291 e. The molecule has 0 saturated heterocycles. The molecule has 2 aliphatic rings. The molecule has 1 aliphatic carbocycles. The van der Waals surface area contributed by atoms with E-state index < -0.39 is 5.92 Å². The molecule has 2 rings (SSSR count). The van der Waals surface area contributed by atoms with Crippen LogP contribution in [0.25, 0.3) is 0 Å². The molecule has 0 bridgehead atoms. The second-order valence-electron chi connectivity index (χ2n) is 4.80. The van der Waals surface area contributed by atoms with E-state index in [4.69, 9.17) is 16.3 Å². The third-order valence-electron chi connectivity index (χ3n) is 3.74. The van der Waals surface area contributed by atoms with Crippen molar-refractivity contribution in [2.24, 2.45) is 22.6 Å². The normalized spacial score (nSPS) is 31.9. The average Bonchev–Trinajstić information content (AvgIpc) is 2.64. The van der Waals surface area contributed by atoms with Crippen molar-refractivity contribution in [3.05, 3.63) is 0 Å². The zero-order valence-electron chi connectivity index (χ0n) is 9.90. The van der Waals surface area contributed by atoms with Gasteiger partial charge in [0.15, 0.2) is 17.3 Å². The second-order valence-corrected chi connectivity index (χ2v) is 4.80. The van der Waals surface area contributed by atoms with Crippen LogP contribution in [0.1, 0.15) is 32.6 Å². The predicted molar refractivity (Wildman–Crippen MR) is 62.7 cm³/mol. The number of nitrogens with zero attached hydrogens (tertiary/aromatic N) is 3. The molecule has 1 heterocycles. The number of amidine groups is 1. The minimum absolute atomic E-state index is 0.371. The minimum atomic E-state index is -0.865. The first-order valence-electron chi connectivity index (χ1n) is 5.93. The van der Waals surface area contributed by atoms with Gasteiger partial charge in [0.25, 0.3) is 5.84 Å². The van der Waals surface area contributed by atoms with E-state index >= 15 is 0 Å². The third kappa shape index (κ3) is 1.78. The summed E-state index contributed by atoms with van der Waals surface area (Å²) in [7, 11) is 0. The van der Waals surface area contributed by atoms with Crippen molar-refractivity contribution in [2.75, 3.05) is 0 Å². The molecule has 0 amide bonds. The van der Waals surface area contributed by atoms with Crippen LogP contribution < -0.4 is 10.7 Å². The highest BCUT2D eigenvalue weighted by Gasteiger charge is 2.46. The molecule has 0 aromatic heterocycles. The van der Waals surface area contributed by atoms with Crippen LogP contribution in [0.2, 0.25) is 0 Å². The van der Waals surface area contributed by atoms with Gasteiger partial charge in [0.05, 0.1) is 12.1 Å². The number of rotatable bonds is 1. The van der Waals surface area contributed by atoms with Crippen molar-refractivity contribution < 1.29 is 4.99 Å². The van der Waals surface area contributed by atoms with E-state index in [1.54, 1.807) is 0 Å². The summed E-state index contributed by atoms with van der Waals surface area (Å²) >= 11 is 0. The van der Waals surface area contributed by atoms with Crippen molar-refractivity contribution in [1.82, 2.24) is 0 Å². The Kier molecular flexibility index (Phi) is 2.85. The second kappa shape index (κ2) is 4.18. The molecular weight excluding hydrogens is 214 g/mol. The standard InChI is InChI=1S/C12H15N5/c1-8-4-2-3-5-12(8)16-10(11(15)17-12)9(6-13)7-14/h8-9H,2-5H2,1H3,(H2,15,17)/p+1/t8-,12+/m0/s1. The molecule has 1 spiro atoms. The minimum Gasteiger partial charge on any atom is -0.286 e. The molecule has 1 fully saturated rings. The third-order valence-corrected chi connectivity index (χ3v) is 3.74. The van der Waals surface area contributed by atoms with Gasteiger partial charge in [-0.05, 0) is 12.8 Å². The maximum absolute atomic E-state index is 8.91. The van der Waals surface area contributed by atoms with E-state index in [0.29, 0.717) is 17.5 Å². The topological polar surface area (TPSA) is 99.9 Å². The molecule has 5 nitrogen and oxygen atoms in total. The number of nitrogens with one attached hydrogen (secondary N) is 1. The first kappa shape index (κ1) is 11.6. The van der Waals surface area contributed by atoms with Gasteiger partial charge in [-0.3, -0.25) is 5.73 Å². The Bertz CT molecular complexity index is 450. The van der Waals surface area contributed by atoms with E-state index in [-0.39, 0.29) is 5.66 Å². The lowest BCUT2D eigenvalue weighted by atomic mass is 9.81. The lowest BCUT2D eigenvalue weighted by Crippen LogP contribution is -2.88. The van der Waals surface area contributed by atoms with E-state index in [1.165, 1.54) is 6.42 Å². The van der Waals surface area contributed by atoms with Gasteiger partial charge in [-0.2, -0.15) is 10.5 Å². The zero-order chi connectivity index (χ0) is 12.5. The van der Waals surface area contributed by atoms with E-state index in [9.17, 15) is 0 Å². The van der Waals surface area contributed by atoms with E-state index in [1.807, 2.05) is 12.1 Å². The fourth-order valence-corrected chi connectivity index (χ4v) is 2.65. The number of hydrogen-bond acceptors (Lipinski definition) is 4. The molecular formula is C12H16N5+. The van der Waals surface area contributed by atoms with Crippen LogP contribution in [0.3, 0.4) is 0 Å². The van der Waals surface area contributed by atoms with Crippen LogP contribution in [0.5, 0.6) is 0 Å². The predicted octanol–water partition coefficient (Wildman–Crippen LogP) is -0.551. The highest BCUT2D eigenvalue weighted by Crippen LogP contribution is 2.32. The van der Waals surface area contributed by atoms with Gasteiger partial charge in [0.1, 0.15) is 0 Å². The fraction of sp³-hybridized carbons (Fsp3) is 0.667. The molecule has 0 aromatic carbocycles. The Hall–Kier alpha value is -1.88. The SMILES string of the molecule is C[C@H]1CCCC[C@]12N=C(C(C#N)C#N)C(N)=[NH+]2. The molecule has 17 heavy (non-hydrogen) atoms. The molecule has 0 aromatic rings. The van der Waals surface area contributed by atoms with Gasteiger partial charge in [-0.25, -0.2) is 9.98 Å².